The van der Waals surface area contributed by atoms with E-state index < -0.39 is 5.97 Å². The molecule has 2 aromatic rings. The first kappa shape index (κ1) is 10.5. The maximum Gasteiger partial charge on any atom is 0.326 e. The number of carboxylic acid groups (broad SMARTS) is 1. The minimum Gasteiger partial charge on any atom is -0.481 e. The number of aromatic amines is 1. The normalized spacial score (nSPS) is 10.8. The summed E-state index contributed by atoms with van der Waals surface area (Å²) in [6.07, 6.45) is -0.0548. The molecular formula is C11H12N2O3. The molecule has 0 amide bonds. The first-order valence-corrected chi connectivity index (χ1v) is 4.99. The van der Waals surface area contributed by atoms with Crippen LogP contribution in [0.5, 0.6) is 0 Å². The first-order chi connectivity index (χ1) is 7.58. The fraction of sp³-hybridized carbons (Fsp3) is 0.273. The molecule has 1 aromatic heterocycles. The summed E-state index contributed by atoms with van der Waals surface area (Å²) >= 11 is 0. The van der Waals surface area contributed by atoms with Crippen molar-refractivity contribution in [1.29, 1.82) is 0 Å². The van der Waals surface area contributed by atoms with Gasteiger partial charge in [0.15, 0.2) is 0 Å². The van der Waals surface area contributed by atoms with Crippen molar-refractivity contribution in [1.82, 2.24) is 9.55 Å². The average Bonchev–Trinajstić information content (AvgIpc) is 2.51. The van der Waals surface area contributed by atoms with Gasteiger partial charge in [-0.05, 0) is 24.6 Å². The summed E-state index contributed by atoms with van der Waals surface area (Å²) in [5.74, 6) is -0.908. The van der Waals surface area contributed by atoms with Gasteiger partial charge in [-0.2, -0.15) is 0 Å². The zero-order valence-electron chi connectivity index (χ0n) is 8.86. The van der Waals surface area contributed by atoms with Crippen LogP contribution >= 0.6 is 0 Å². The van der Waals surface area contributed by atoms with Crippen molar-refractivity contribution in [3.8, 4) is 0 Å². The van der Waals surface area contributed by atoms with E-state index in [9.17, 15) is 9.59 Å². The van der Waals surface area contributed by atoms with Crippen LogP contribution in [0.3, 0.4) is 0 Å². The molecule has 0 aliphatic carbocycles. The van der Waals surface area contributed by atoms with Gasteiger partial charge in [-0.1, -0.05) is 6.07 Å². The monoisotopic (exact) mass is 220 g/mol. The van der Waals surface area contributed by atoms with Crippen LogP contribution in [0.1, 0.15) is 12.0 Å². The summed E-state index contributed by atoms with van der Waals surface area (Å²) in [5.41, 5.74) is 2.27. The van der Waals surface area contributed by atoms with Crippen molar-refractivity contribution in [2.45, 2.75) is 19.9 Å². The van der Waals surface area contributed by atoms with Crippen molar-refractivity contribution in [3.63, 3.8) is 0 Å². The number of fused-ring (bicyclic) bond motifs is 1. The van der Waals surface area contributed by atoms with Gasteiger partial charge in [-0.3, -0.25) is 9.36 Å². The van der Waals surface area contributed by atoms with Crippen LogP contribution in [0, 0.1) is 6.92 Å². The van der Waals surface area contributed by atoms with Crippen LogP contribution < -0.4 is 5.69 Å². The largest absolute Gasteiger partial charge is 0.481 e. The Balaban J connectivity index is 2.50. The molecule has 1 aromatic carbocycles. The summed E-state index contributed by atoms with van der Waals surface area (Å²) in [7, 11) is 0. The first-order valence-electron chi connectivity index (χ1n) is 4.99. The Kier molecular flexibility index (Phi) is 2.52. The smallest absolute Gasteiger partial charge is 0.326 e. The number of aromatic nitrogens is 2. The molecule has 84 valence electrons. The van der Waals surface area contributed by atoms with Gasteiger partial charge in [0.25, 0.3) is 0 Å². The topological polar surface area (TPSA) is 75.1 Å². The predicted molar refractivity (Wildman–Crippen MR) is 59.5 cm³/mol. The van der Waals surface area contributed by atoms with E-state index in [0.717, 1.165) is 16.6 Å². The summed E-state index contributed by atoms with van der Waals surface area (Å²) in [4.78, 5) is 24.8. The van der Waals surface area contributed by atoms with E-state index in [2.05, 4.69) is 4.98 Å². The lowest BCUT2D eigenvalue weighted by Crippen LogP contribution is -2.18. The zero-order valence-corrected chi connectivity index (χ0v) is 8.86. The number of imidazole rings is 1. The molecule has 5 heteroatoms. The van der Waals surface area contributed by atoms with Gasteiger partial charge in [0.2, 0.25) is 0 Å². The Bertz CT molecular complexity index is 595. The molecule has 0 spiro atoms. The van der Waals surface area contributed by atoms with E-state index in [1.807, 2.05) is 25.1 Å². The van der Waals surface area contributed by atoms with Gasteiger partial charge in [0.05, 0.1) is 17.5 Å². The molecule has 0 radical (unpaired) electrons. The van der Waals surface area contributed by atoms with Crippen LogP contribution in [-0.4, -0.2) is 20.6 Å². The molecule has 2 rings (SSSR count). The minimum atomic E-state index is -0.908. The van der Waals surface area contributed by atoms with Crippen molar-refractivity contribution in [3.05, 3.63) is 34.2 Å². The van der Waals surface area contributed by atoms with E-state index in [1.165, 1.54) is 4.57 Å². The lowest BCUT2D eigenvalue weighted by atomic mass is 10.2. The van der Waals surface area contributed by atoms with Gasteiger partial charge in [0.1, 0.15) is 0 Å². The highest BCUT2D eigenvalue weighted by atomic mass is 16.4. The Morgan fingerprint density at radius 1 is 1.50 bits per heavy atom. The van der Waals surface area contributed by atoms with Crippen LogP contribution in [0.15, 0.2) is 23.0 Å². The Morgan fingerprint density at radius 3 is 2.94 bits per heavy atom. The SMILES string of the molecule is Cc1ccc2[nH]c(=O)n(CCC(=O)O)c2c1. The zero-order chi connectivity index (χ0) is 11.7. The van der Waals surface area contributed by atoms with Gasteiger partial charge >= 0.3 is 11.7 Å². The van der Waals surface area contributed by atoms with Crippen molar-refractivity contribution < 1.29 is 9.90 Å². The quantitative estimate of drug-likeness (QED) is 0.813. The van der Waals surface area contributed by atoms with Gasteiger partial charge < -0.3 is 10.1 Å². The summed E-state index contributed by atoms with van der Waals surface area (Å²) in [5, 5.41) is 8.60. The second-order valence-corrected chi connectivity index (χ2v) is 3.75. The molecule has 0 saturated carbocycles. The molecule has 0 saturated heterocycles. The maximum atomic E-state index is 11.6. The number of carbonyl (C=O) groups is 1. The molecule has 0 unspecified atom stereocenters. The Morgan fingerprint density at radius 2 is 2.25 bits per heavy atom. The second kappa shape index (κ2) is 3.84. The van der Waals surface area contributed by atoms with Crippen LogP contribution in [0.25, 0.3) is 11.0 Å². The highest BCUT2D eigenvalue weighted by Crippen LogP contribution is 2.12. The van der Waals surface area contributed by atoms with E-state index in [1.54, 1.807) is 0 Å². The molecule has 5 nitrogen and oxygen atoms in total. The molecule has 0 fully saturated rings. The molecule has 1 heterocycles. The van der Waals surface area contributed by atoms with Gasteiger partial charge in [-0.25, -0.2) is 4.79 Å². The predicted octanol–water partition coefficient (Wildman–Crippen LogP) is 1.11. The van der Waals surface area contributed by atoms with E-state index >= 15 is 0 Å². The molecule has 0 aliphatic rings. The van der Waals surface area contributed by atoms with Crippen LogP contribution in [0.2, 0.25) is 0 Å². The third kappa shape index (κ3) is 1.84. The number of hydrogen-bond donors (Lipinski definition) is 2. The van der Waals surface area contributed by atoms with Crippen molar-refractivity contribution in [2.75, 3.05) is 0 Å². The van der Waals surface area contributed by atoms with Gasteiger partial charge in [-0.15, -0.1) is 0 Å². The summed E-state index contributed by atoms with van der Waals surface area (Å²) < 4.78 is 1.45. The van der Waals surface area contributed by atoms with Gasteiger partial charge in [0, 0.05) is 6.54 Å². The van der Waals surface area contributed by atoms with Crippen LogP contribution in [0.4, 0.5) is 0 Å². The van der Waals surface area contributed by atoms with E-state index in [4.69, 9.17) is 5.11 Å². The molecule has 0 bridgehead atoms. The number of H-pyrrole nitrogens is 1. The number of nitrogens with zero attached hydrogens (tertiary/aromatic N) is 1. The molecule has 2 N–H and O–H groups in total. The molecular weight excluding hydrogens is 208 g/mol. The minimum absolute atomic E-state index is 0.0548. The molecule has 0 aliphatic heterocycles. The maximum absolute atomic E-state index is 11.6. The second-order valence-electron chi connectivity index (χ2n) is 3.75. The van der Waals surface area contributed by atoms with E-state index in [0.29, 0.717) is 0 Å². The fourth-order valence-corrected chi connectivity index (χ4v) is 1.69. The lowest BCUT2D eigenvalue weighted by molar-refractivity contribution is -0.137. The number of aliphatic carboxylic acids is 1. The molecule has 16 heavy (non-hydrogen) atoms. The number of hydrogen-bond acceptors (Lipinski definition) is 2. The lowest BCUT2D eigenvalue weighted by Gasteiger charge is -2.01. The summed E-state index contributed by atoms with van der Waals surface area (Å²) in [6, 6.07) is 5.60. The summed E-state index contributed by atoms with van der Waals surface area (Å²) in [6.45, 7) is 2.12. The van der Waals surface area contributed by atoms with Crippen molar-refractivity contribution in [2.24, 2.45) is 0 Å². The van der Waals surface area contributed by atoms with Crippen LogP contribution in [-0.2, 0) is 11.3 Å². The number of benzene rings is 1. The number of nitrogens with one attached hydrogen (secondary N) is 1. The van der Waals surface area contributed by atoms with Crippen molar-refractivity contribution >= 4 is 17.0 Å². The molecule has 0 atom stereocenters. The number of carboxylic acids is 1. The Labute approximate surface area is 91.3 Å². The standard InChI is InChI=1S/C11H12N2O3/c1-7-2-3-8-9(6-7)13(11(16)12-8)5-4-10(14)15/h2-3,6H,4-5H2,1H3,(H,12,16)(H,14,15). The highest BCUT2D eigenvalue weighted by Gasteiger charge is 2.07. The Hall–Kier alpha value is -2.04. The number of aryl methyl sites for hydroxylation is 2. The third-order valence-electron chi connectivity index (χ3n) is 2.48. The average molecular weight is 220 g/mol. The fourth-order valence-electron chi connectivity index (χ4n) is 1.69. The highest BCUT2D eigenvalue weighted by molar-refractivity contribution is 5.76. The third-order valence-corrected chi connectivity index (χ3v) is 2.48. The van der Waals surface area contributed by atoms with E-state index in [-0.39, 0.29) is 18.7 Å². The number of rotatable bonds is 3.